The third kappa shape index (κ3) is 5.08. The first-order chi connectivity index (χ1) is 10.1. The van der Waals surface area contributed by atoms with Gasteiger partial charge in [0.2, 0.25) is 0 Å². The predicted molar refractivity (Wildman–Crippen MR) is 85.3 cm³/mol. The number of benzene rings is 1. The SMILES string of the molecule is COCc1ccc(CNCC(C)(C)N2CCOCC2)cc1. The van der Waals surface area contributed by atoms with E-state index < -0.39 is 0 Å². The van der Waals surface area contributed by atoms with Crippen molar-refractivity contribution in [1.82, 2.24) is 10.2 Å². The second kappa shape index (κ2) is 7.90. The van der Waals surface area contributed by atoms with Crippen molar-refractivity contribution in [3.63, 3.8) is 0 Å². The third-order valence-electron chi connectivity index (χ3n) is 4.09. The van der Waals surface area contributed by atoms with Crippen LogP contribution in [0.15, 0.2) is 24.3 Å². The van der Waals surface area contributed by atoms with Crippen LogP contribution in [0.4, 0.5) is 0 Å². The Bertz CT molecular complexity index is 411. The first kappa shape index (κ1) is 16.4. The van der Waals surface area contributed by atoms with Crippen molar-refractivity contribution in [2.75, 3.05) is 40.0 Å². The smallest absolute Gasteiger partial charge is 0.0713 e. The summed E-state index contributed by atoms with van der Waals surface area (Å²) in [5.74, 6) is 0. The minimum Gasteiger partial charge on any atom is -0.380 e. The van der Waals surface area contributed by atoms with E-state index in [0.29, 0.717) is 6.61 Å². The molecule has 0 unspecified atom stereocenters. The summed E-state index contributed by atoms with van der Waals surface area (Å²) in [7, 11) is 1.73. The molecule has 0 saturated carbocycles. The van der Waals surface area contributed by atoms with Crippen molar-refractivity contribution in [2.24, 2.45) is 0 Å². The van der Waals surface area contributed by atoms with Gasteiger partial charge < -0.3 is 14.8 Å². The minimum absolute atomic E-state index is 0.166. The molecule has 0 aromatic heterocycles. The van der Waals surface area contributed by atoms with Gasteiger partial charge in [-0.3, -0.25) is 4.90 Å². The van der Waals surface area contributed by atoms with E-state index in [0.717, 1.165) is 39.4 Å². The first-order valence-electron chi connectivity index (χ1n) is 7.72. The van der Waals surface area contributed by atoms with Gasteiger partial charge in [0.1, 0.15) is 0 Å². The molecule has 1 aliphatic rings. The molecule has 1 saturated heterocycles. The molecule has 4 nitrogen and oxygen atoms in total. The van der Waals surface area contributed by atoms with Crippen LogP contribution in [-0.2, 0) is 22.6 Å². The topological polar surface area (TPSA) is 33.7 Å². The largest absolute Gasteiger partial charge is 0.380 e. The molecule has 118 valence electrons. The molecule has 0 aliphatic carbocycles. The fourth-order valence-corrected chi connectivity index (χ4v) is 2.71. The number of nitrogens with zero attached hydrogens (tertiary/aromatic N) is 1. The van der Waals surface area contributed by atoms with Gasteiger partial charge in [0.15, 0.2) is 0 Å². The molecule has 0 spiro atoms. The van der Waals surface area contributed by atoms with Crippen LogP contribution in [0.1, 0.15) is 25.0 Å². The molecule has 1 aromatic rings. The van der Waals surface area contributed by atoms with E-state index in [1.54, 1.807) is 7.11 Å². The maximum absolute atomic E-state index is 5.43. The van der Waals surface area contributed by atoms with Crippen LogP contribution in [0.5, 0.6) is 0 Å². The Kier molecular flexibility index (Phi) is 6.18. The standard InChI is InChI=1S/C17H28N2O2/c1-17(2,19-8-10-21-11-9-19)14-18-12-15-4-6-16(7-5-15)13-20-3/h4-7,18H,8-14H2,1-3H3. The maximum Gasteiger partial charge on any atom is 0.0713 e. The van der Waals surface area contributed by atoms with Gasteiger partial charge in [-0.15, -0.1) is 0 Å². The molecule has 0 atom stereocenters. The van der Waals surface area contributed by atoms with Gasteiger partial charge in [0.05, 0.1) is 19.8 Å². The maximum atomic E-state index is 5.43. The highest BCUT2D eigenvalue weighted by Crippen LogP contribution is 2.15. The summed E-state index contributed by atoms with van der Waals surface area (Å²) in [5, 5.41) is 3.58. The van der Waals surface area contributed by atoms with Gasteiger partial charge in [0, 0.05) is 38.8 Å². The van der Waals surface area contributed by atoms with Gasteiger partial charge in [0.25, 0.3) is 0 Å². The number of rotatable bonds is 7. The summed E-state index contributed by atoms with van der Waals surface area (Å²) < 4.78 is 10.6. The number of hydrogen-bond donors (Lipinski definition) is 1. The Morgan fingerprint density at radius 3 is 2.38 bits per heavy atom. The summed E-state index contributed by atoms with van der Waals surface area (Å²) in [6, 6.07) is 8.60. The average Bonchev–Trinajstić information content (AvgIpc) is 2.50. The third-order valence-corrected chi connectivity index (χ3v) is 4.09. The Hall–Kier alpha value is -0.940. The molecular formula is C17H28N2O2. The van der Waals surface area contributed by atoms with E-state index in [9.17, 15) is 0 Å². The quantitative estimate of drug-likeness (QED) is 0.834. The van der Waals surface area contributed by atoms with Crippen LogP contribution < -0.4 is 5.32 Å². The minimum atomic E-state index is 0.166. The van der Waals surface area contributed by atoms with E-state index in [-0.39, 0.29) is 5.54 Å². The molecule has 0 radical (unpaired) electrons. The van der Waals surface area contributed by atoms with E-state index in [1.165, 1.54) is 11.1 Å². The van der Waals surface area contributed by atoms with E-state index >= 15 is 0 Å². The summed E-state index contributed by atoms with van der Waals surface area (Å²) in [6.45, 7) is 10.9. The number of hydrogen-bond acceptors (Lipinski definition) is 4. The highest BCUT2D eigenvalue weighted by molar-refractivity contribution is 5.21. The highest BCUT2D eigenvalue weighted by atomic mass is 16.5. The molecule has 0 bridgehead atoms. The summed E-state index contributed by atoms with van der Waals surface area (Å²) in [6.07, 6.45) is 0. The molecule has 0 amide bonds. The second-order valence-corrected chi connectivity index (χ2v) is 6.26. The molecule has 1 aromatic carbocycles. The molecule has 1 fully saturated rings. The fourth-order valence-electron chi connectivity index (χ4n) is 2.71. The molecule has 1 N–H and O–H groups in total. The Balaban J connectivity index is 1.77. The number of methoxy groups -OCH3 is 1. The molecule has 1 heterocycles. The fraction of sp³-hybridized carbons (Fsp3) is 0.647. The average molecular weight is 292 g/mol. The molecule has 4 heteroatoms. The van der Waals surface area contributed by atoms with Gasteiger partial charge in [-0.05, 0) is 25.0 Å². The second-order valence-electron chi connectivity index (χ2n) is 6.26. The van der Waals surface area contributed by atoms with Crippen molar-refractivity contribution in [1.29, 1.82) is 0 Å². The van der Waals surface area contributed by atoms with E-state index in [2.05, 4.69) is 48.3 Å². The lowest BCUT2D eigenvalue weighted by molar-refractivity contribution is -0.00966. The summed E-state index contributed by atoms with van der Waals surface area (Å²) >= 11 is 0. The van der Waals surface area contributed by atoms with Crippen LogP contribution in [0, 0.1) is 0 Å². The lowest BCUT2D eigenvalue weighted by atomic mass is 10.0. The zero-order valence-corrected chi connectivity index (χ0v) is 13.5. The van der Waals surface area contributed by atoms with Crippen LogP contribution in [0.2, 0.25) is 0 Å². The lowest BCUT2D eigenvalue weighted by Gasteiger charge is -2.41. The first-order valence-corrected chi connectivity index (χ1v) is 7.72. The van der Waals surface area contributed by atoms with Crippen LogP contribution >= 0.6 is 0 Å². The number of nitrogens with one attached hydrogen (secondary N) is 1. The monoisotopic (exact) mass is 292 g/mol. The van der Waals surface area contributed by atoms with Crippen LogP contribution in [0.25, 0.3) is 0 Å². The van der Waals surface area contributed by atoms with Crippen LogP contribution in [-0.4, -0.2) is 50.4 Å². The van der Waals surface area contributed by atoms with E-state index in [4.69, 9.17) is 9.47 Å². The van der Waals surface area contributed by atoms with Gasteiger partial charge in [-0.2, -0.15) is 0 Å². The van der Waals surface area contributed by atoms with Gasteiger partial charge >= 0.3 is 0 Å². The van der Waals surface area contributed by atoms with Gasteiger partial charge in [-0.25, -0.2) is 0 Å². The Labute approximate surface area is 128 Å². The molecular weight excluding hydrogens is 264 g/mol. The highest BCUT2D eigenvalue weighted by Gasteiger charge is 2.27. The number of ether oxygens (including phenoxy) is 2. The molecule has 21 heavy (non-hydrogen) atoms. The molecule has 2 rings (SSSR count). The Morgan fingerprint density at radius 2 is 1.76 bits per heavy atom. The number of morpholine rings is 1. The predicted octanol–water partition coefficient (Wildman–Crippen LogP) is 2.03. The van der Waals surface area contributed by atoms with Crippen molar-refractivity contribution in [3.05, 3.63) is 35.4 Å². The van der Waals surface area contributed by atoms with Crippen molar-refractivity contribution < 1.29 is 9.47 Å². The summed E-state index contributed by atoms with van der Waals surface area (Å²) in [4.78, 5) is 2.51. The lowest BCUT2D eigenvalue weighted by Crippen LogP contribution is -2.54. The van der Waals surface area contributed by atoms with Crippen molar-refractivity contribution in [2.45, 2.75) is 32.5 Å². The van der Waals surface area contributed by atoms with Gasteiger partial charge in [-0.1, -0.05) is 24.3 Å². The van der Waals surface area contributed by atoms with Crippen LogP contribution in [0.3, 0.4) is 0 Å². The summed E-state index contributed by atoms with van der Waals surface area (Å²) in [5.41, 5.74) is 2.70. The van der Waals surface area contributed by atoms with Crippen molar-refractivity contribution in [3.8, 4) is 0 Å². The van der Waals surface area contributed by atoms with Crippen molar-refractivity contribution >= 4 is 0 Å². The Morgan fingerprint density at radius 1 is 1.14 bits per heavy atom. The zero-order valence-electron chi connectivity index (χ0n) is 13.5. The molecule has 1 aliphatic heterocycles. The normalized spacial score (nSPS) is 17.1. The zero-order chi connectivity index (χ0) is 15.1. The van der Waals surface area contributed by atoms with E-state index in [1.807, 2.05) is 0 Å².